The Balaban J connectivity index is 1.52. The van der Waals surface area contributed by atoms with Crippen molar-refractivity contribution in [2.24, 2.45) is 17.8 Å². The van der Waals surface area contributed by atoms with Crippen LogP contribution in [0.2, 0.25) is 0 Å². The molecule has 1 N–H and O–H groups in total. The van der Waals surface area contributed by atoms with Gasteiger partial charge in [0.15, 0.2) is 11.6 Å². The van der Waals surface area contributed by atoms with E-state index in [2.05, 4.69) is 0 Å². The highest BCUT2D eigenvalue weighted by Crippen LogP contribution is 2.58. The number of Topliss-reactive ketones (excluding diaryl/α,β-unsaturated/α-hetero) is 1. The number of fused-ring (bicyclic) bond motifs is 3. The fraction of sp³-hybridized carbons (Fsp3) is 0.333. The number of nitrogens with zero attached hydrogens (tertiary/aromatic N) is 1. The van der Waals surface area contributed by atoms with E-state index >= 15 is 0 Å². The lowest BCUT2D eigenvalue weighted by molar-refractivity contribution is -0.123. The van der Waals surface area contributed by atoms with Gasteiger partial charge in [0.1, 0.15) is 17.2 Å². The third kappa shape index (κ3) is 3.96. The Morgan fingerprint density at radius 2 is 1.61 bits per heavy atom. The molecule has 6 rings (SSSR count). The molecule has 1 heterocycles. The summed E-state index contributed by atoms with van der Waals surface area (Å²) in [5, 5.41) is 10.3. The van der Waals surface area contributed by atoms with Crippen molar-refractivity contribution in [1.29, 1.82) is 0 Å². The van der Waals surface area contributed by atoms with Crippen molar-refractivity contribution in [3.63, 3.8) is 0 Å². The molecule has 3 aliphatic carbocycles. The number of ketones is 2. The van der Waals surface area contributed by atoms with Crippen molar-refractivity contribution in [1.82, 2.24) is 0 Å². The minimum absolute atomic E-state index is 0.0786. The summed E-state index contributed by atoms with van der Waals surface area (Å²) in [6.45, 7) is 3.65. The fourth-order valence-corrected chi connectivity index (χ4v) is 7.04. The van der Waals surface area contributed by atoms with E-state index in [-0.39, 0.29) is 35.6 Å². The number of imide groups is 1. The van der Waals surface area contributed by atoms with Crippen molar-refractivity contribution < 1.29 is 33.8 Å². The number of hydrogen-bond donors (Lipinski definition) is 1. The maximum absolute atomic E-state index is 14.1. The molecular formula is C33H31NO7. The van der Waals surface area contributed by atoms with Crippen molar-refractivity contribution in [2.75, 3.05) is 19.1 Å². The second kappa shape index (κ2) is 9.87. The van der Waals surface area contributed by atoms with Gasteiger partial charge in [-0.2, -0.15) is 0 Å². The number of rotatable bonds is 5. The van der Waals surface area contributed by atoms with Crippen LogP contribution in [0, 0.1) is 17.8 Å². The van der Waals surface area contributed by atoms with E-state index in [1.54, 1.807) is 19.1 Å². The third-order valence-corrected chi connectivity index (χ3v) is 8.98. The van der Waals surface area contributed by atoms with Crippen LogP contribution in [-0.2, 0) is 25.6 Å². The summed E-state index contributed by atoms with van der Waals surface area (Å²) < 4.78 is 11.3. The Hall–Kier alpha value is -4.46. The summed E-state index contributed by atoms with van der Waals surface area (Å²) in [4.78, 5) is 56.1. The lowest BCUT2D eigenvalue weighted by Crippen LogP contribution is -2.40. The van der Waals surface area contributed by atoms with Gasteiger partial charge in [0, 0.05) is 40.3 Å². The Bertz CT molecular complexity index is 1590. The molecular weight excluding hydrogens is 522 g/mol. The van der Waals surface area contributed by atoms with Gasteiger partial charge in [0.05, 0.1) is 31.7 Å². The third-order valence-electron chi connectivity index (χ3n) is 8.98. The molecule has 1 saturated heterocycles. The number of phenolic OH excluding ortho intramolecular Hbond substituents is 1. The summed E-state index contributed by atoms with van der Waals surface area (Å²) in [5.41, 5.74) is 3.92. The van der Waals surface area contributed by atoms with Crippen molar-refractivity contribution in [2.45, 2.75) is 39.0 Å². The topological polar surface area (TPSA) is 110 Å². The zero-order chi connectivity index (χ0) is 29.2. The summed E-state index contributed by atoms with van der Waals surface area (Å²) in [5.74, 6) is -3.07. The predicted molar refractivity (Wildman–Crippen MR) is 151 cm³/mol. The van der Waals surface area contributed by atoms with E-state index in [0.29, 0.717) is 45.9 Å². The summed E-state index contributed by atoms with van der Waals surface area (Å²) in [6, 6.07) is 10.3. The van der Waals surface area contributed by atoms with E-state index in [9.17, 15) is 24.3 Å². The number of carbonyl (C=O) groups is 4. The molecule has 2 aromatic rings. The standard InChI is InChI=1S/C33H31NO7/c1-5-17-6-8-18(9-7-17)34-32(38)21-11-10-20-22(27(21)33(34)39)15-23-24(36)12-16(2)31(37)29(23)28(20)30-25(40-3)13-19(35)14-26(30)41-4/h6-10,12-14,21-22,27-28,35H,5,11,15H2,1-4H3. The van der Waals surface area contributed by atoms with Crippen LogP contribution in [0.3, 0.4) is 0 Å². The molecule has 0 spiro atoms. The number of aryl methyl sites for hydroxylation is 1. The number of anilines is 1. The number of allylic oxidation sites excluding steroid dienone is 6. The predicted octanol–water partition coefficient (Wildman–Crippen LogP) is 4.61. The lowest BCUT2D eigenvalue weighted by Gasteiger charge is -2.42. The van der Waals surface area contributed by atoms with E-state index in [0.717, 1.165) is 17.6 Å². The Morgan fingerprint density at radius 3 is 2.22 bits per heavy atom. The van der Waals surface area contributed by atoms with Gasteiger partial charge in [-0.3, -0.25) is 24.1 Å². The summed E-state index contributed by atoms with van der Waals surface area (Å²) in [6.07, 6.45) is 4.64. The quantitative estimate of drug-likeness (QED) is 0.327. The molecule has 210 valence electrons. The van der Waals surface area contributed by atoms with Crippen LogP contribution >= 0.6 is 0 Å². The Labute approximate surface area is 237 Å². The molecule has 8 nitrogen and oxygen atoms in total. The number of methoxy groups -OCH3 is 2. The van der Waals surface area contributed by atoms with Crippen molar-refractivity contribution in [3.05, 3.63) is 82.0 Å². The van der Waals surface area contributed by atoms with E-state index in [1.807, 2.05) is 25.1 Å². The van der Waals surface area contributed by atoms with Gasteiger partial charge in [-0.25, -0.2) is 0 Å². The number of amides is 2. The zero-order valence-corrected chi connectivity index (χ0v) is 23.4. The normalized spacial score (nSPS) is 25.4. The van der Waals surface area contributed by atoms with E-state index in [1.165, 1.54) is 37.3 Å². The Kier molecular flexibility index (Phi) is 6.44. The zero-order valence-electron chi connectivity index (χ0n) is 23.4. The molecule has 4 unspecified atom stereocenters. The van der Waals surface area contributed by atoms with Gasteiger partial charge in [0.2, 0.25) is 11.8 Å². The second-order valence-electron chi connectivity index (χ2n) is 11.0. The number of aromatic hydroxyl groups is 1. The van der Waals surface area contributed by atoms with Crippen LogP contribution in [-0.4, -0.2) is 42.7 Å². The van der Waals surface area contributed by atoms with E-state index < -0.39 is 23.7 Å². The smallest absolute Gasteiger partial charge is 0.238 e. The number of carbonyl (C=O) groups excluding carboxylic acids is 4. The SMILES string of the molecule is CCc1ccc(N2C(=O)C3CC=C4C(c5c(OC)cc(O)cc5OC)C5=C(CC4C3C2=O)C(=O)C=C(C)C5=O)cc1. The van der Waals surface area contributed by atoms with Gasteiger partial charge >= 0.3 is 0 Å². The molecule has 2 aromatic carbocycles. The number of hydrogen-bond acceptors (Lipinski definition) is 7. The van der Waals surface area contributed by atoms with Crippen molar-refractivity contribution >= 4 is 29.1 Å². The van der Waals surface area contributed by atoms with Crippen LogP contribution < -0.4 is 14.4 Å². The van der Waals surface area contributed by atoms with Crippen LogP contribution in [0.25, 0.3) is 0 Å². The largest absolute Gasteiger partial charge is 0.508 e. The average Bonchev–Trinajstić information content (AvgIpc) is 3.23. The molecule has 1 fully saturated rings. The van der Waals surface area contributed by atoms with Crippen LogP contribution in [0.15, 0.2) is 70.8 Å². The maximum atomic E-state index is 14.1. The summed E-state index contributed by atoms with van der Waals surface area (Å²) in [7, 11) is 2.91. The monoisotopic (exact) mass is 553 g/mol. The Morgan fingerprint density at radius 1 is 0.951 bits per heavy atom. The first-order valence-electron chi connectivity index (χ1n) is 13.8. The van der Waals surface area contributed by atoms with Crippen LogP contribution in [0.1, 0.15) is 43.7 Å². The first kappa shape index (κ1) is 26.7. The molecule has 41 heavy (non-hydrogen) atoms. The molecule has 0 radical (unpaired) electrons. The highest BCUT2D eigenvalue weighted by molar-refractivity contribution is 6.25. The van der Waals surface area contributed by atoms with Gasteiger partial charge in [-0.05, 0) is 55.9 Å². The number of benzene rings is 2. The first-order valence-corrected chi connectivity index (χ1v) is 13.8. The molecule has 8 heteroatoms. The molecule has 0 aromatic heterocycles. The van der Waals surface area contributed by atoms with Gasteiger partial charge in [0.25, 0.3) is 0 Å². The fourth-order valence-electron chi connectivity index (χ4n) is 7.04. The van der Waals surface area contributed by atoms with Gasteiger partial charge in [-0.1, -0.05) is 30.7 Å². The lowest BCUT2D eigenvalue weighted by atomic mass is 9.59. The molecule has 0 bridgehead atoms. The van der Waals surface area contributed by atoms with Crippen molar-refractivity contribution in [3.8, 4) is 17.2 Å². The second-order valence-corrected chi connectivity index (χ2v) is 11.0. The number of ether oxygens (including phenoxy) is 2. The first-order chi connectivity index (χ1) is 19.7. The molecule has 4 atom stereocenters. The highest BCUT2D eigenvalue weighted by atomic mass is 16.5. The molecule has 2 amide bonds. The van der Waals surface area contributed by atoms with Gasteiger partial charge < -0.3 is 14.6 Å². The van der Waals surface area contributed by atoms with E-state index in [4.69, 9.17) is 9.47 Å². The van der Waals surface area contributed by atoms with Crippen LogP contribution in [0.4, 0.5) is 5.69 Å². The molecule has 4 aliphatic rings. The van der Waals surface area contributed by atoms with Gasteiger partial charge in [-0.15, -0.1) is 0 Å². The minimum Gasteiger partial charge on any atom is -0.508 e. The number of phenols is 1. The highest BCUT2D eigenvalue weighted by Gasteiger charge is 2.57. The average molecular weight is 554 g/mol. The summed E-state index contributed by atoms with van der Waals surface area (Å²) >= 11 is 0. The molecule has 1 aliphatic heterocycles. The molecule has 0 saturated carbocycles. The minimum atomic E-state index is -0.754. The van der Waals surface area contributed by atoms with Crippen LogP contribution in [0.5, 0.6) is 17.2 Å². The maximum Gasteiger partial charge on any atom is 0.238 e.